The molecule has 2 heteroatoms. The van der Waals surface area contributed by atoms with Crippen LogP contribution in [0.15, 0.2) is 11.4 Å². The zero-order chi connectivity index (χ0) is 12.9. The van der Waals surface area contributed by atoms with E-state index in [-0.39, 0.29) is 0 Å². The van der Waals surface area contributed by atoms with Gasteiger partial charge in [0.1, 0.15) is 0 Å². The average Bonchev–Trinajstić information content (AvgIpc) is 2.87. The summed E-state index contributed by atoms with van der Waals surface area (Å²) >= 11 is 4.00. The maximum atomic E-state index is 2.45. The first-order chi connectivity index (χ1) is 8.56. The fourth-order valence-corrected chi connectivity index (χ4v) is 5.13. The number of fused-ring (bicyclic) bond motifs is 2. The SMILES string of the molecule is CC(C)c1cc2c(s1)Cc1c(C(C)C)csc1C2. The zero-order valence-electron chi connectivity index (χ0n) is 11.5. The Bertz CT molecular complexity index is 570. The Morgan fingerprint density at radius 2 is 1.78 bits per heavy atom. The van der Waals surface area contributed by atoms with Gasteiger partial charge in [-0.25, -0.2) is 0 Å². The van der Waals surface area contributed by atoms with Gasteiger partial charge in [0, 0.05) is 27.5 Å². The molecular weight excluding hydrogens is 256 g/mol. The zero-order valence-corrected chi connectivity index (χ0v) is 13.2. The second-order valence-electron chi connectivity index (χ2n) is 5.85. The van der Waals surface area contributed by atoms with Gasteiger partial charge in [-0.05, 0) is 40.0 Å². The van der Waals surface area contributed by atoms with Gasteiger partial charge >= 0.3 is 0 Å². The number of hydrogen-bond acceptors (Lipinski definition) is 2. The quantitative estimate of drug-likeness (QED) is 0.575. The first-order valence-electron chi connectivity index (χ1n) is 6.77. The van der Waals surface area contributed by atoms with Crippen LogP contribution in [0.25, 0.3) is 0 Å². The van der Waals surface area contributed by atoms with Crippen molar-refractivity contribution in [2.45, 2.75) is 52.4 Å². The van der Waals surface area contributed by atoms with Gasteiger partial charge in [-0.2, -0.15) is 0 Å². The molecule has 96 valence electrons. The van der Waals surface area contributed by atoms with Crippen LogP contribution in [0.3, 0.4) is 0 Å². The molecule has 0 unspecified atom stereocenters. The van der Waals surface area contributed by atoms with Crippen LogP contribution in [0.1, 0.15) is 70.9 Å². The minimum atomic E-state index is 0.663. The van der Waals surface area contributed by atoms with E-state index in [0.717, 1.165) is 0 Å². The topological polar surface area (TPSA) is 0 Å². The monoisotopic (exact) mass is 276 g/mol. The molecule has 0 spiro atoms. The lowest BCUT2D eigenvalue weighted by Crippen LogP contribution is -2.03. The van der Waals surface area contributed by atoms with Gasteiger partial charge in [0.25, 0.3) is 0 Å². The third-order valence-corrected chi connectivity index (χ3v) is 6.33. The second kappa shape index (κ2) is 4.50. The molecule has 0 nitrogen and oxygen atoms in total. The molecule has 0 aliphatic heterocycles. The Hall–Kier alpha value is -0.600. The van der Waals surface area contributed by atoms with Crippen LogP contribution < -0.4 is 0 Å². The van der Waals surface area contributed by atoms with Gasteiger partial charge < -0.3 is 0 Å². The standard InChI is InChI=1S/C16H20S2/c1-9(2)13-8-17-16-6-11-5-14(10(3)4)18-15(11)7-12(13)16/h5,8-10H,6-7H2,1-4H3. The van der Waals surface area contributed by atoms with Crippen molar-refractivity contribution in [3.05, 3.63) is 42.8 Å². The molecule has 0 N–H and O–H groups in total. The van der Waals surface area contributed by atoms with E-state index >= 15 is 0 Å². The van der Waals surface area contributed by atoms with E-state index in [1.165, 1.54) is 12.8 Å². The highest BCUT2D eigenvalue weighted by atomic mass is 32.1. The smallest absolute Gasteiger partial charge is 0.0128 e. The lowest BCUT2D eigenvalue weighted by Gasteiger charge is -2.15. The van der Waals surface area contributed by atoms with E-state index in [2.05, 4.69) is 39.1 Å². The molecule has 1 aliphatic carbocycles. The number of rotatable bonds is 2. The highest BCUT2D eigenvalue weighted by Gasteiger charge is 2.23. The van der Waals surface area contributed by atoms with Crippen molar-refractivity contribution in [2.24, 2.45) is 0 Å². The van der Waals surface area contributed by atoms with Crippen molar-refractivity contribution in [3.63, 3.8) is 0 Å². The highest BCUT2D eigenvalue weighted by Crippen LogP contribution is 2.40. The second-order valence-corrected chi connectivity index (χ2v) is 7.99. The van der Waals surface area contributed by atoms with Crippen molar-refractivity contribution in [2.75, 3.05) is 0 Å². The Morgan fingerprint density at radius 1 is 1.00 bits per heavy atom. The molecular formula is C16H20S2. The van der Waals surface area contributed by atoms with E-state index < -0.39 is 0 Å². The molecule has 0 fully saturated rings. The predicted octanol–water partition coefficient (Wildman–Crippen LogP) is 5.55. The maximum absolute atomic E-state index is 2.45. The summed E-state index contributed by atoms with van der Waals surface area (Å²) in [6.45, 7) is 9.22. The van der Waals surface area contributed by atoms with E-state index in [4.69, 9.17) is 0 Å². The first-order valence-corrected chi connectivity index (χ1v) is 8.46. The van der Waals surface area contributed by atoms with Crippen molar-refractivity contribution < 1.29 is 0 Å². The summed E-state index contributed by atoms with van der Waals surface area (Å²) < 4.78 is 0. The Morgan fingerprint density at radius 3 is 2.44 bits per heavy atom. The number of thiophene rings is 2. The minimum absolute atomic E-state index is 0.663. The number of hydrogen-bond donors (Lipinski definition) is 0. The van der Waals surface area contributed by atoms with Crippen LogP contribution in [0.5, 0.6) is 0 Å². The Labute approximate surface area is 118 Å². The molecule has 0 saturated carbocycles. The van der Waals surface area contributed by atoms with E-state index in [9.17, 15) is 0 Å². The molecule has 2 aromatic rings. The lowest BCUT2D eigenvalue weighted by molar-refractivity contribution is 0.848. The summed E-state index contributed by atoms with van der Waals surface area (Å²) in [6.07, 6.45) is 2.35. The largest absolute Gasteiger partial charge is 0.148 e. The van der Waals surface area contributed by atoms with Gasteiger partial charge in [0.2, 0.25) is 0 Å². The third kappa shape index (κ3) is 1.96. The van der Waals surface area contributed by atoms with Crippen molar-refractivity contribution in [3.8, 4) is 0 Å². The molecule has 18 heavy (non-hydrogen) atoms. The van der Waals surface area contributed by atoms with Gasteiger partial charge in [0.15, 0.2) is 0 Å². The van der Waals surface area contributed by atoms with Crippen LogP contribution in [-0.4, -0.2) is 0 Å². The van der Waals surface area contributed by atoms with Crippen LogP contribution in [0.4, 0.5) is 0 Å². The summed E-state index contributed by atoms with van der Waals surface area (Å²) in [5.41, 5.74) is 4.81. The van der Waals surface area contributed by atoms with E-state index in [1.54, 1.807) is 31.3 Å². The van der Waals surface area contributed by atoms with Crippen molar-refractivity contribution in [1.82, 2.24) is 0 Å². The highest BCUT2D eigenvalue weighted by molar-refractivity contribution is 7.12. The van der Waals surface area contributed by atoms with Crippen molar-refractivity contribution >= 4 is 22.7 Å². The molecule has 3 rings (SSSR count). The molecule has 2 heterocycles. The molecule has 0 amide bonds. The van der Waals surface area contributed by atoms with Crippen LogP contribution in [-0.2, 0) is 12.8 Å². The van der Waals surface area contributed by atoms with Crippen LogP contribution in [0, 0.1) is 0 Å². The molecule has 2 aromatic heterocycles. The molecule has 1 aliphatic rings. The first kappa shape index (κ1) is 12.4. The van der Waals surface area contributed by atoms with E-state index in [0.29, 0.717) is 11.8 Å². The summed E-state index contributed by atoms with van der Waals surface area (Å²) in [7, 11) is 0. The summed E-state index contributed by atoms with van der Waals surface area (Å²) in [5, 5.41) is 2.38. The molecule has 0 aromatic carbocycles. The van der Waals surface area contributed by atoms with Crippen LogP contribution >= 0.6 is 22.7 Å². The normalized spacial score (nSPS) is 14.1. The Balaban J connectivity index is 2.00. The fraction of sp³-hybridized carbons (Fsp3) is 0.500. The van der Waals surface area contributed by atoms with Gasteiger partial charge in [-0.15, -0.1) is 22.7 Å². The molecule has 0 radical (unpaired) electrons. The van der Waals surface area contributed by atoms with Gasteiger partial charge in [-0.1, -0.05) is 27.7 Å². The predicted molar refractivity (Wildman–Crippen MR) is 82.4 cm³/mol. The fourth-order valence-electron chi connectivity index (χ4n) is 2.68. The molecule has 0 bridgehead atoms. The Kier molecular flexibility index (Phi) is 3.11. The summed E-state index contributed by atoms with van der Waals surface area (Å²) in [6, 6.07) is 2.45. The molecule has 0 saturated heterocycles. The van der Waals surface area contributed by atoms with Gasteiger partial charge in [-0.3, -0.25) is 0 Å². The maximum Gasteiger partial charge on any atom is 0.0128 e. The third-order valence-electron chi connectivity index (χ3n) is 3.81. The van der Waals surface area contributed by atoms with Gasteiger partial charge in [0.05, 0.1) is 0 Å². The lowest BCUT2D eigenvalue weighted by atomic mass is 9.91. The summed E-state index contributed by atoms with van der Waals surface area (Å²) in [5.74, 6) is 1.33. The molecule has 0 atom stereocenters. The average molecular weight is 276 g/mol. The van der Waals surface area contributed by atoms with E-state index in [1.807, 2.05) is 22.7 Å². The minimum Gasteiger partial charge on any atom is -0.148 e. The summed E-state index contributed by atoms with van der Waals surface area (Å²) in [4.78, 5) is 4.78. The van der Waals surface area contributed by atoms with Crippen molar-refractivity contribution in [1.29, 1.82) is 0 Å². The van der Waals surface area contributed by atoms with Crippen LogP contribution in [0.2, 0.25) is 0 Å².